The van der Waals surface area contributed by atoms with Crippen LogP contribution in [0.3, 0.4) is 0 Å². The fourth-order valence-electron chi connectivity index (χ4n) is 8.45. The van der Waals surface area contributed by atoms with Gasteiger partial charge in [-0.25, -0.2) is 4.98 Å². The summed E-state index contributed by atoms with van der Waals surface area (Å²) in [7, 11) is 0. The Morgan fingerprint density at radius 1 is 0.531 bits per heavy atom. The fourth-order valence-corrected chi connectivity index (χ4v) is 8.45. The molecule has 0 aliphatic heterocycles. The van der Waals surface area contributed by atoms with Crippen LogP contribution in [0.5, 0.6) is 5.75 Å². The minimum atomic E-state index is -2.43. The van der Waals surface area contributed by atoms with E-state index in [0.29, 0.717) is 33.7 Å². The van der Waals surface area contributed by atoms with Crippen LogP contribution in [0.15, 0.2) is 200 Å². The van der Waals surface area contributed by atoms with Crippen molar-refractivity contribution in [3.8, 4) is 89.7 Å². The topological polar surface area (TPSA) is 50.9 Å². The predicted octanol–water partition coefficient (Wildman–Crippen LogP) is 15.2. The van der Waals surface area contributed by atoms with Gasteiger partial charge in [-0.3, -0.25) is 9.55 Å². The van der Waals surface area contributed by atoms with Gasteiger partial charge >= 0.3 is 0 Å². The molecule has 0 spiro atoms. The number of pyridine rings is 1. The van der Waals surface area contributed by atoms with Crippen molar-refractivity contribution in [1.29, 1.82) is 0 Å². The van der Waals surface area contributed by atoms with Crippen LogP contribution in [-0.4, -0.2) is 19.6 Å². The maximum atomic E-state index is 11.6. The second kappa shape index (κ2) is 17.6. The number of imidazole rings is 1. The van der Waals surface area contributed by atoms with Crippen molar-refractivity contribution in [2.24, 2.45) is 0 Å². The zero-order valence-electron chi connectivity index (χ0n) is 38.7. The van der Waals surface area contributed by atoms with Crippen LogP contribution in [0.2, 0.25) is 0 Å². The molecule has 0 amide bonds. The Morgan fingerprint density at radius 2 is 1.14 bits per heavy atom. The minimum Gasteiger partial charge on any atom is -0.507 e. The summed E-state index contributed by atoms with van der Waals surface area (Å²) in [6.45, 7) is 4.10. The summed E-state index contributed by atoms with van der Waals surface area (Å²) in [5, 5.41) is 11.6. The number of aromatic hydroxyl groups is 1. The summed E-state index contributed by atoms with van der Waals surface area (Å²) in [6, 6.07) is 67.9. The number of aromatic nitrogens is 3. The summed E-state index contributed by atoms with van der Waals surface area (Å²) >= 11 is 0. The Morgan fingerprint density at radius 3 is 1.81 bits per heavy atom. The van der Waals surface area contributed by atoms with E-state index in [4.69, 9.17) is 14.1 Å². The van der Waals surface area contributed by atoms with Gasteiger partial charge in [0.15, 0.2) is 0 Å². The van der Waals surface area contributed by atoms with Gasteiger partial charge in [0.05, 0.1) is 22.3 Å². The van der Waals surface area contributed by atoms with Gasteiger partial charge in [0.1, 0.15) is 11.6 Å². The maximum absolute atomic E-state index is 11.6. The number of nitrogens with zero attached hydrogens (tertiary/aromatic N) is 3. The zero-order valence-corrected chi connectivity index (χ0v) is 37.9. The average molecular weight is 1010 g/mol. The van der Waals surface area contributed by atoms with Crippen molar-refractivity contribution < 1.29 is 30.3 Å². The average Bonchev–Trinajstić information content (AvgIpc) is 3.73. The Labute approximate surface area is 394 Å². The summed E-state index contributed by atoms with van der Waals surface area (Å²) in [4.78, 5) is 10.3. The van der Waals surface area contributed by atoms with Crippen molar-refractivity contribution in [2.75, 3.05) is 0 Å². The number of rotatable bonds is 8. The van der Waals surface area contributed by atoms with Gasteiger partial charge in [-0.2, -0.15) is 0 Å². The number of fused-ring (bicyclic) bond motifs is 1. The first-order valence-electron chi connectivity index (χ1n) is 22.7. The summed E-state index contributed by atoms with van der Waals surface area (Å²) in [6.07, 6.45) is 1.84. The third-order valence-corrected chi connectivity index (χ3v) is 11.8. The van der Waals surface area contributed by atoms with E-state index in [2.05, 4.69) is 104 Å². The molecular formula is C59H46N3OPt-. The number of hydrogen-bond acceptors (Lipinski definition) is 3. The number of hydrogen-bond donors (Lipinski definition) is 1. The standard InChI is InChI=1S/C59H46N3O.Pt/c1-39-33-52(43-27-29-48(30-28-43)59(2,3)4)55(38-51(39)42-21-12-7-13-22-42)62-54-25-16-24-49(57(54)61-58(62)50-23-14-15-26-56(50)63)46-34-45(41-19-10-6-11-20-41)35-47(36-46)53-37-44(31-32-60-53)40-17-8-5-9-18-40;/h5-35,37-38,63H,1-4H3;/q-1;/i1D3;. The molecule has 0 unspecified atom stereocenters. The molecule has 10 aromatic rings. The molecule has 0 atom stereocenters. The molecule has 314 valence electrons. The summed E-state index contributed by atoms with van der Waals surface area (Å²) in [5.41, 5.74) is 14.4. The minimum absolute atomic E-state index is 0. The van der Waals surface area contributed by atoms with Crippen molar-refractivity contribution in [3.05, 3.63) is 218 Å². The van der Waals surface area contributed by atoms with Crippen molar-refractivity contribution >= 4 is 11.0 Å². The Kier molecular flexibility index (Phi) is 10.6. The van der Waals surface area contributed by atoms with Crippen LogP contribution in [0.25, 0.3) is 95.0 Å². The van der Waals surface area contributed by atoms with Crippen LogP contribution >= 0.6 is 0 Å². The van der Waals surface area contributed by atoms with E-state index in [-0.39, 0.29) is 37.8 Å². The van der Waals surface area contributed by atoms with Crippen molar-refractivity contribution in [1.82, 2.24) is 14.5 Å². The van der Waals surface area contributed by atoms with E-state index in [9.17, 15) is 5.11 Å². The van der Waals surface area contributed by atoms with E-state index in [0.717, 1.165) is 66.8 Å². The molecule has 0 saturated carbocycles. The van der Waals surface area contributed by atoms with E-state index in [1.54, 1.807) is 12.1 Å². The van der Waals surface area contributed by atoms with E-state index in [1.807, 2.05) is 115 Å². The normalized spacial score (nSPS) is 12.3. The molecule has 64 heavy (non-hydrogen) atoms. The third kappa shape index (κ3) is 8.14. The van der Waals surface area contributed by atoms with E-state index < -0.39 is 6.85 Å². The van der Waals surface area contributed by atoms with Crippen LogP contribution < -0.4 is 0 Å². The predicted molar refractivity (Wildman–Crippen MR) is 261 cm³/mol. The second-order valence-electron chi connectivity index (χ2n) is 16.9. The molecule has 0 radical (unpaired) electrons. The number of phenols is 1. The van der Waals surface area contributed by atoms with E-state index in [1.165, 1.54) is 0 Å². The molecule has 0 fully saturated rings. The van der Waals surface area contributed by atoms with Crippen LogP contribution in [-0.2, 0) is 26.5 Å². The molecule has 0 saturated heterocycles. The maximum Gasteiger partial charge on any atom is 0.148 e. The Hall–Kier alpha value is -7.13. The first-order valence-corrected chi connectivity index (χ1v) is 21.2. The molecular weight excluding hydrogens is 962 g/mol. The van der Waals surface area contributed by atoms with E-state index >= 15 is 0 Å². The molecule has 2 aromatic heterocycles. The van der Waals surface area contributed by atoms with Gasteiger partial charge in [0.25, 0.3) is 0 Å². The number of para-hydroxylation sites is 2. The van der Waals surface area contributed by atoms with Crippen LogP contribution in [0.1, 0.15) is 36.0 Å². The summed E-state index contributed by atoms with van der Waals surface area (Å²) < 4.78 is 28.6. The molecule has 5 heteroatoms. The molecule has 0 aliphatic rings. The van der Waals surface area contributed by atoms with Crippen LogP contribution in [0, 0.1) is 12.9 Å². The fraction of sp³-hybridized carbons (Fsp3) is 0.0847. The molecule has 0 bridgehead atoms. The molecule has 0 aliphatic carbocycles. The molecule has 8 aromatic carbocycles. The van der Waals surface area contributed by atoms with Gasteiger partial charge in [0, 0.05) is 42.6 Å². The van der Waals surface area contributed by atoms with Gasteiger partial charge in [-0.05, 0) is 93.2 Å². The third-order valence-electron chi connectivity index (χ3n) is 11.8. The van der Waals surface area contributed by atoms with Crippen molar-refractivity contribution in [2.45, 2.75) is 33.0 Å². The number of aryl methyl sites for hydroxylation is 1. The first kappa shape index (κ1) is 38.5. The Bertz CT molecular complexity index is 3380. The summed E-state index contributed by atoms with van der Waals surface area (Å²) in [5.74, 6) is 0.568. The molecule has 2 heterocycles. The SMILES string of the molecule is [2H]C([2H])([2H])c1cc(-c2ccc(C(C)(C)C)cc2)c(-n2c(-c3ccccc3O)nc3c(-c4[c-]c(-c5cc(-c6ccccc6)ccn5)cc(-c5ccccc5)c4)cccc32)cc1-c1ccccc1.[Pt]. The smallest absolute Gasteiger partial charge is 0.148 e. The second-order valence-corrected chi connectivity index (χ2v) is 16.9. The molecule has 1 N–H and O–H groups in total. The van der Waals surface area contributed by atoms with Gasteiger partial charge in [0.2, 0.25) is 0 Å². The van der Waals surface area contributed by atoms with Gasteiger partial charge in [-0.15, -0.1) is 23.8 Å². The number of benzene rings is 8. The molecule has 4 nitrogen and oxygen atoms in total. The monoisotopic (exact) mass is 1010 g/mol. The number of phenolic OH excluding ortho intramolecular Hbond substituents is 1. The van der Waals surface area contributed by atoms with Gasteiger partial charge in [-0.1, -0.05) is 183 Å². The first-order chi connectivity index (χ1) is 31.9. The Balaban J connectivity index is 0.00000562. The largest absolute Gasteiger partial charge is 0.507 e. The van der Waals surface area contributed by atoms with Gasteiger partial charge < -0.3 is 5.11 Å². The van der Waals surface area contributed by atoms with Crippen molar-refractivity contribution in [3.63, 3.8) is 0 Å². The zero-order chi connectivity index (χ0) is 45.6. The molecule has 10 rings (SSSR count). The quantitative estimate of drug-likeness (QED) is 0.154. The van der Waals surface area contributed by atoms with Crippen LogP contribution in [0.4, 0.5) is 0 Å².